The van der Waals surface area contributed by atoms with Gasteiger partial charge in [0.25, 0.3) is 0 Å². The van der Waals surface area contributed by atoms with Crippen molar-refractivity contribution < 1.29 is 9.90 Å². The summed E-state index contributed by atoms with van der Waals surface area (Å²) in [4.78, 5) is 32.7. The highest BCUT2D eigenvalue weighted by atomic mass is 16.3. The lowest BCUT2D eigenvalue weighted by atomic mass is 10.1. The number of nitrogens with zero attached hydrogens (tertiary/aromatic N) is 5. The van der Waals surface area contributed by atoms with Crippen LogP contribution in [-0.2, 0) is 11.3 Å². The van der Waals surface area contributed by atoms with E-state index in [1.807, 2.05) is 19.2 Å². The molecule has 9 nitrogen and oxygen atoms in total. The number of amides is 1. The fourth-order valence-corrected chi connectivity index (χ4v) is 4.23. The molecule has 0 radical (unpaired) electrons. The first-order valence-corrected chi connectivity index (χ1v) is 11.9. The molecule has 3 aromatic rings. The number of nitrogens with one attached hydrogen (secondary N) is 2. The molecular formula is C25H33N7O2. The van der Waals surface area contributed by atoms with E-state index in [0.717, 1.165) is 44.5 Å². The van der Waals surface area contributed by atoms with Crippen molar-refractivity contribution in [2.45, 2.75) is 38.6 Å². The number of aromatic nitrogens is 3. The maximum Gasteiger partial charge on any atom is 0.222 e. The molecule has 4 rings (SSSR count). The topological polar surface area (TPSA) is 110 Å². The Labute approximate surface area is 199 Å². The van der Waals surface area contributed by atoms with E-state index in [1.54, 1.807) is 11.1 Å². The second-order valence-corrected chi connectivity index (χ2v) is 8.91. The third-order valence-electron chi connectivity index (χ3n) is 6.16. The van der Waals surface area contributed by atoms with Gasteiger partial charge in [0, 0.05) is 39.3 Å². The molecule has 0 aliphatic carbocycles. The number of hydrogen-bond donors (Lipinski definition) is 3. The number of H-pyrrole nitrogens is 1. The minimum absolute atomic E-state index is 0.0103. The van der Waals surface area contributed by atoms with E-state index < -0.39 is 0 Å². The smallest absolute Gasteiger partial charge is 0.222 e. The molecule has 2 bridgehead atoms. The Bertz CT molecular complexity index is 1160. The Hall–Kier alpha value is -3.46. The van der Waals surface area contributed by atoms with Crippen molar-refractivity contribution in [2.75, 3.05) is 39.0 Å². The Morgan fingerprint density at radius 3 is 2.79 bits per heavy atom. The van der Waals surface area contributed by atoms with Crippen LogP contribution in [0.4, 0.5) is 11.5 Å². The number of aromatic hydroxyl groups is 1. The number of fused-ring (bicyclic) bond motifs is 2. The molecule has 3 heterocycles. The van der Waals surface area contributed by atoms with E-state index in [1.165, 1.54) is 11.9 Å². The van der Waals surface area contributed by atoms with Crippen LogP contribution in [0.1, 0.15) is 43.2 Å². The molecule has 180 valence electrons. The predicted octanol–water partition coefficient (Wildman–Crippen LogP) is 3.68. The molecule has 0 atom stereocenters. The maximum atomic E-state index is 12.5. The van der Waals surface area contributed by atoms with Gasteiger partial charge in [-0.3, -0.25) is 9.79 Å². The van der Waals surface area contributed by atoms with Gasteiger partial charge in [-0.25, -0.2) is 9.97 Å². The van der Waals surface area contributed by atoms with Crippen LogP contribution in [0.15, 0.2) is 35.6 Å². The quantitative estimate of drug-likeness (QED) is 0.469. The fourth-order valence-electron chi connectivity index (χ4n) is 4.23. The van der Waals surface area contributed by atoms with Crippen LogP contribution in [0.5, 0.6) is 5.88 Å². The predicted molar refractivity (Wildman–Crippen MR) is 135 cm³/mol. The molecule has 1 aliphatic heterocycles. The Morgan fingerprint density at radius 2 is 1.91 bits per heavy atom. The third-order valence-corrected chi connectivity index (χ3v) is 6.16. The molecule has 2 aromatic heterocycles. The summed E-state index contributed by atoms with van der Waals surface area (Å²) in [6.45, 7) is 2.94. The normalized spacial score (nSPS) is 17.4. The first-order valence-electron chi connectivity index (χ1n) is 11.9. The van der Waals surface area contributed by atoms with Crippen LogP contribution in [0.25, 0.3) is 11.0 Å². The van der Waals surface area contributed by atoms with Crippen LogP contribution in [0.2, 0.25) is 0 Å². The molecule has 0 unspecified atom stereocenters. The van der Waals surface area contributed by atoms with Crippen LogP contribution in [-0.4, -0.2) is 75.7 Å². The second kappa shape index (κ2) is 11.1. The lowest BCUT2D eigenvalue weighted by Crippen LogP contribution is -2.31. The largest absolute Gasteiger partial charge is 0.494 e. The average molecular weight is 464 g/mol. The lowest BCUT2D eigenvalue weighted by Gasteiger charge is -2.18. The van der Waals surface area contributed by atoms with Gasteiger partial charge in [-0.1, -0.05) is 25.0 Å². The highest BCUT2D eigenvalue weighted by Crippen LogP contribution is 2.29. The molecule has 0 spiro atoms. The number of aromatic amines is 1. The molecule has 0 saturated heterocycles. The minimum atomic E-state index is -0.0103. The van der Waals surface area contributed by atoms with Gasteiger partial charge in [0.05, 0.1) is 16.6 Å². The number of aliphatic imine (C=N–C) groups is 1. The molecule has 3 N–H and O–H groups in total. The Morgan fingerprint density at radius 1 is 1.06 bits per heavy atom. The summed E-state index contributed by atoms with van der Waals surface area (Å²) in [6.07, 6.45) is 7.88. The number of carbonyl (C=O) groups is 1. The van der Waals surface area contributed by atoms with Gasteiger partial charge in [-0.2, -0.15) is 0 Å². The summed E-state index contributed by atoms with van der Waals surface area (Å²) in [5.41, 5.74) is 3.05. The Kier molecular flexibility index (Phi) is 7.74. The number of benzene rings is 1. The van der Waals surface area contributed by atoms with Crippen molar-refractivity contribution in [3.63, 3.8) is 0 Å². The van der Waals surface area contributed by atoms with Gasteiger partial charge in [-0.05, 0) is 44.1 Å². The summed E-state index contributed by atoms with van der Waals surface area (Å²) >= 11 is 0. The molecule has 9 heteroatoms. The number of carbonyl (C=O) groups excluding carboxylic acids is 1. The van der Waals surface area contributed by atoms with Crippen molar-refractivity contribution >= 4 is 34.7 Å². The lowest BCUT2D eigenvalue weighted by molar-refractivity contribution is -0.129. The van der Waals surface area contributed by atoms with Gasteiger partial charge < -0.3 is 25.2 Å². The summed E-state index contributed by atoms with van der Waals surface area (Å²) in [6, 6.07) is 8.12. The van der Waals surface area contributed by atoms with E-state index in [2.05, 4.69) is 49.3 Å². The van der Waals surface area contributed by atoms with Gasteiger partial charge in [0.15, 0.2) is 5.88 Å². The van der Waals surface area contributed by atoms with Crippen molar-refractivity contribution in [3.05, 3.63) is 41.7 Å². The molecule has 1 aliphatic rings. The zero-order valence-electron chi connectivity index (χ0n) is 19.9. The van der Waals surface area contributed by atoms with Crippen molar-refractivity contribution in [3.8, 4) is 5.88 Å². The standard InChI is InChI=1S/C25H33N7O2/c1-31-12-6-4-3-5-10-21(33)32(2)13-11-26-23-22-20(25(34)30-24(22)29-17-28-23)15-27-19-9-7-8-18(14-19)16-31/h7-9,14-15,17,34H,3-6,10-13,16H2,1-2H3,(H2,26,28,29,30). The summed E-state index contributed by atoms with van der Waals surface area (Å²) in [7, 11) is 3.96. The van der Waals surface area contributed by atoms with Gasteiger partial charge in [0.1, 0.15) is 17.8 Å². The van der Waals surface area contributed by atoms with E-state index in [0.29, 0.717) is 41.9 Å². The van der Waals surface area contributed by atoms with E-state index >= 15 is 0 Å². The van der Waals surface area contributed by atoms with Crippen LogP contribution in [0.3, 0.4) is 0 Å². The second-order valence-electron chi connectivity index (χ2n) is 8.91. The molecule has 0 fully saturated rings. The highest BCUT2D eigenvalue weighted by molar-refractivity contribution is 6.06. The zero-order chi connectivity index (χ0) is 23.9. The van der Waals surface area contributed by atoms with Crippen molar-refractivity contribution in [2.24, 2.45) is 4.99 Å². The SMILES string of the molecule is CN1CCCCCCC(=O)N(C)CCNc2ncnc3[nH]c(O)c(c23)C=Nc2cccc(c2)C1. The first kappa shape index (κ1) is 23.7. The molecular weight excluding hydrogens is 430 g/mol. The molecule has 0 saturated carbocycles. The number of rotatable bonds is 0. The van der Waals surface area contributed by atoms with E-state index in [-0.39, 0.29) is 11.8 Å². The molecule has 1 amide bonds. The summed E-state index contributed by atoms with van der Waals surface area (Å²) in [5, 5.41) is 14.5. The van der Waals surface area contributed by atoms with Crippen LogP contribution >= 0.6 is 0 Å². The van der Waals surface area contributed by atoms with Crippen LogP contribution < -0.4 is 5.32 Å². The fraction of sp³-hybridized carbons (Fsp3) is 0.440. The summed E-state index contributed by atoms with van der Waals surface area (Å²) < 4.78 is 0. The molecule has 1 aromatic carbocycles. The van der Waals surface area contributed by atoms with E-state index in [4.69, 9.17) is 0 Å². The number of likely N-dealkylation sites (N-methyl/N-ethyl adjacent to an activating group) is 1. The Balaban J connectivity index is 1.63. The number of anilines is 1. The third kappa shape index (κ3) is 5.91. The number of hydrogen-bond acceptors (Lipinski definition) is 7. The zero-order valence-corrected chi connectivity index (χ0v) is 19.9. The average Bonchev–Trinajstić information content (AvgIpc) is 3.15. The monoisotopic (exact) mass is 463 g/mol. The van der Waals surface area contributed by atoms with Gasteiger partial charge in [0.2, 0.25) is 5.91 Å². The molecule has 34 heavy (non-hydrogen) atoms. The maximum absolute atomic E-state index is 12.5. The summed E-state index contributed by atoms with van der Waals surface area (Å²) in [5.74, 6) is 0.734. The van der Waals surface area contributed by atoms with Crippen molar-refractivity contribution in [1.82, 2.24) is 24.8 Å². The highest BCUT2D eigenvalue weighted by Gasteiger charge is 2.16. The van der Waals surface area contributed by atoms with Gasteiger partial charge >= 0.3 is 0 Å². The first-order chi connectivity index (χ1) is 16.5. The van der Waals surface area contributed by atoms with Crippen LogP contribution in [0, 0.1) is 0 Å². The minimum Gasteiger partial charge on any atom is -0.494 e. The van der Waals surface area contributed by atoms with E-state index in [9.17, 15) is 9.90 Å². The van der Waals surface area contributed by atoms with Crippen molar-refractivity contribution in [1.29, 1.82) is 0 Å². The van der Waals surface area contributed by atoms with Gasteiger partial charge in [-0.15, -0.1) is 0 Å².